The fourth-order valence-electron chi connectivity index (χ4n) is 2.34. The topological polar surface area (TPSA) is 41.5 Å². The number of nitrogens with one attached hydrogen (secondary N) is 1. The predicted octanol–water partition coefficient (Wildman–Crippen LogP) is 4.28. The molecule has 0 radical (unpaired) electrons. The highest BCUT2D eigenvalue weighted by Gasteiger charge is 2.04. The molecule has 0 saturated heterocycles. The Morgan fingerprint density at radius 1 is 0.857 bits per heavy atom. The van der Waals surface area contributed by atoms with Gasteiger partial charge >= 0.3 is 0 Å². The van der Waals surface area contributed by atoms with E-state index in [2.05, 4.69) is 26.1 Å². The summed E-state index contributed by atoms with van der Waals surface area (Å²) in [4.78, 5) is 0. The molecule has 3 nitrogen and oxygen atoms in total. The van der Waals surface area contributed by atoms with Crippen molar-refractivity contribution in [3.63, 3.8) is 0 Å². The van der Waals surface area contributed by atoms with E-state index in [0.29, 0.717) is 19.2 Å². The molecule has 1 atom stereocenters. The van der Waals surface area contributed by atoms with Crippen LogP contribution in [0.2, 0.25) is 0 Å². The van der Waals surface area contributed by atoms with Crippen LogP contribution in [-0.2, 0) is 4.74 Å². The third kappa shape index (κ3) is 17.8. The maximum Gasteiger partial charge on any atom is 0.0897 e. The lowest BCUT2D eigenvalue weighted by Crippen LogP contribution is -2.34. The number of hydrogen-bond acceptors (Lipinski definition) is 3. The first kappa shape index (κ1) is 20.9. The van der Waals surface area contributed by atoms with Crippen LogP contribution >= 0.6 is 0 Å². The quantitative estimate of drug-likeness (QED) is 0.418. The van der Waals surface area contributed by atoms with Crippen LogP contribution in [0.4, 0.5) is 0 Å². The first-order valence-electron chi connectivity index (χ1n) is 9.16. The molecule has 0 rings (SSSR count). The van der Waals surface area contributed by atoms with Crippen molar-refractivity contribution in [2.45, 2.75) is 97.1 Å². The van der Waals surface area contributed by atoms with Gasteiger partial charge in [0.1, 0.15) is 0 Å². The number of aliphatic hydroxyl groups is 1. The minimum Gasteiger partial charge on any atom is -0.389 e. The third-order valence-corrected chi connectivity index (χ3v) is 3.71. The standard InChI is InChI=1S/C18H39NO2/c1-4-5-6-7-8-9-10-11-12-13-14-21-16-18(20)15-19-17(2)3/h17-20H,4-16H2,1-3H3. The van der Waals surface area contributed by atoms with Crippen molar-refractivity contribution in [1.82, 2.24) is 5.32 Å². The molecule has 21 heavy (non-hydrogen) atoms. The van der Waals surface area contributed by atoms with Crippen molar-refractivity contribution >= 4 is 0 Å². The van der Waals surface area contributed by atoms with Crippen LogP contribution in [0.25, 0.3) is 0 Å². The van der Waals surface area contributed by atoms with Crippen molar-refractivity contribution in [1.29, 1.82) is 0 Å². The second kappa shape index (κ2) is 16.3. The van der Waals surface area contributed by atoms with Crippen LogP contribution in [0.1, 0.15) is 85.0 Å². The molecule has 0 aliphatic rings. The average Bonchev–Trinajstić information content (AvgIpc) is 2.46. The summed E-state index contributed by atoms with van der Waals surface area (Å²) in [6, 6.07) is 0.418. The molecule has 0 saturated carbocycles. The van der Waals surface area contributed by atoms with Gasteiger partial charge in [0.05, 0.1) is 12.7 Å². The number of unbranched alkanes of at least 4 members (excludes halogenated alkanes) is 9. The zero-order valence-electron chi connectivity index (χ0n) is 14.7. The molecule has 2 N–H and O–H groups in total. The zero-order valence-corrected chi connectivity index (χ0v) is 14.7. The second-order valence-corrected chi connectivity index (χ2v) is 6.47. The van der Waals surface area contributed by atoms with Crippen molar-refractivity contribution in [2.24, 2.45) is 0 Å². The number of rotatable bonds is 16. The minimum atomic E-state index is -0.379. The minimum absolute atomic E-state index is 0.379. The Morgan fingerprint density at radius 2 is 1.38 bits per heavy atom. The van der Waals surface area contributed by atoms with Gasteiger partial charge in [-0.15, -0.1) is 0 Å². The van der Waals surface area contributed by atoms with E-state index >= 15 is 0 Å². The van der Waals surface area contributed by atoms with E-state index in [0.717, 1.165) is 13.0 Å². The van der Waals surface area contributed by atoms with Gasteiger partial charge in [-0.25, -0.2) is 0 Å². The molecule has 0 aliphatic carbocycles. The summed E-state index contributed by atoms with van der Waals surface area (Å²) >= 11 is 0. The molecule has 0 amide bonds. The van der Waals surface area contributed by atoms with Crippen molar-refractivity contribution < 1.29 is 9.84 Å². The van der Waals surface area contributed by atoms with Gasteiger partial charge in [0.25, 0.3) is 0 Å². The smallest absolute Gasteiger partial charge is 0.0897 e. The van der Waals surface area contributed by atoms with Crippen LogP contribution in [0, 0.1) is 0 Å². The lowest BCUT2D eigenvalue weighted by atomic mass is 10.1. The highest BCUT2D eigenvalue weighted by molar-refractivity contribution is 4.60. The van der Waals surface area contributed by atoms with Crippen molar-refractivity contribution in [3.8, 4) is 0 Å². The van der Waals surface area contributed by atoms with E-state index in [1.54, 1.807) is 0 Å². The molecule has 128 valence electrons. The van der Waals surface area contributed by atoms with Crippen LogP contribution in [-0.4, -0.2) is 37.0 Å². The summed E-state index contributed by atoms with van der Waals surface area (Å²) in [5.41, 5.74) is 0. The third-order valence-electron chi connectivity index (χ3n) is 3.71. The Kier molecular flexibility index (Phi) is 16.2. The van der Waals surface area contributed by atoms with Gasteiger partial charge in [0.2, 0.25) is 0 Å². The van der Waals surface area contributed by atoms with Gasteiger partial charge in [-0.2, -0.15) is 0 Å². The van der Waals surface area contributed by atoms with E-state index in [-0.39, 0.29) is 6.10 Å². The maximum atomic E-state index is 9.67. The SMILES string of the molecule is CCCCCCCCCCCCOCC(O)CNC(C)C. The normalized spacial score (nSPS) is 13.0. The predicted molar refractivity (Wildman–Crippen MR) is 91.8 cm³/mol. The van der Waals surface area contributed by atoms with Crippen molar-refractivity contribution in [2.75, 3.05) is 19.8 Å². The fourth-order valence-corrected chi connectivity index (χ4v) is 2.34. The van der Waals surface area contributed by atoms with Gasteiger partial charge in [0, 0.05) is 19.2 Å². The largest absolute Gasteiger partial charge is 0.389 e. The molecule has 3 heteroatoms. The molecule has 0 aliphatic heterocycles. The van der Waals surface area contributed by atoms with Gasteiger partial charge in [0.15, 0.2) is 0 Å². The Labute approximate surface area is 132 Å². The van der Waals surface area contributed by atoms with E-state index in [1.165, 1.54) is 57.8 Å². The summed E-state index contributed by atoms with van der Waals surface area (Å²) in [6.45, 7) is 8.29. The van der Waals surface area contributed by atoms with Crippen LogP contribution < -0.4 is 5.32 Å². The first-order chi connectivity index (χ1) is 10.2. The molecule has 0 aromatic carbocycles. The van der Waals surface area contributed by atoms with E-state index in [4.69, 9.17) is 4.74 Å². The van der Waals surface area contributed by atoms with Crippen LogP contribution in [0.5, 0.6) is 0 Å². The molecule has 0 heterocycles. The van der Waals surface area contributed by atoms with Gasteiger partial charge in [-0.05, 0) is 6.42 Å². The molecule has 0 spiro atoms. The van der Waals surface area contributed by atoms with Crippen molar-refractivity contribution in [3.05, 3.63) is 0 Å². The Hall–Kier alpha value is -0.120. The molecular formula is C18H39NO2. The maximum absolute atomic E-state index is 9.67. The average molecular weight is 302 g/mol. The van der Waals surface area contributed by atoms with Crippen LogP contribution in [0.3, 0.4) is 0 Å². The van der Waals surface area contributed by atoms with Gasteiger partial charge in [-0.1, -0.05) is 78.6 Å². The lowest BCUT2D eigenvalue weighted by molar-refractivity contribution is 0.0346. The fraction of sp³-hybridized carbons (Fsp3) is 1.00. The monoisotopic (exact) mass is 301 g/mol. The Bertz CT molecular complexity index is 198. The summed E-state index contributed by atoms with van der Waals surface area (Å²) in [7, 11) is 0. The number of ether oxygens (including phenoxy) is 1. The van der Waals surface area contributed by atoms with Gasteiger partial charge < -0.3 is 15.2 Å². The highest BCUT2D eigenvalue weighted by atomic mass is 16.5. The molecule has 0 aromatic heterocycles. The van der Waals surface area contributed by atoms with E-state index in [9.17, 15) is 5.11 Å². The lowest BCUT2D eigenvalue weighted by Gasteiger charge is -2.14. The van der Waals surface area contributed by atoms with E-state index in [1.807, 2.05) is 0 Å². The molecule has 0 fully saturated rings. The summed E-state index contributed by atoms with van der Waals surface area (Å²) in [6.07, 6.45) is 13.1. The number of aliphatic hydroxyl groups excluding tert-OH is 1. The number of hydrogen-bond donors (Lipinski definition) is 2. The Morgan fingerprint density at radius 3 is 1.90 bits per heavy atom. The second-order valence-electron chi connectivity index (χ2n) is 6.47. The van der Waals surface area contributed by atoms with Crippen LogP contribution in [0.15, 0.2) is 0 Å². The highest BCUT2D eigenvalue weighted by Crippen LogP contribution is 2.10. The van der Waals surface area contributed by atoms with Gasteiger partial charge in [-0.3, -0.25) is 0 Å². The molecule has 0 aromatic rings. The zero-order chi connectivity index (χ0) is 15.8. The summed E-state index contributed by atoms with van der Waals surface area (Å²) < 4.78 is 5.51. The molecular weight excluding hydrogens is 262 g/mol. The Balaban J connectivity index is 3.08. The molecule has 1 unspecified atom stereocenters. The van der Waals surface area contributed by atoms with E-state index < -0.39 is 0 Å². The molecule has 0 bridgehead atoms. The first-order valence-corrected chi connectivity index (χ1v) is 9.16. The summed E-state index contributed by atoms with van der Waals surface area (Å²) in [5, 5.41) is 12.9. The summed E-state index contributed by atoms with van der Waals surface area (Å²) in [5.74, 6) is 0.